The summed E-state index contributed by atoms with van der Waals surface area (Å²) in [5.74, 6) is 1.19. The van der Waals surface area contributed by atoms with Gasteiger partial charge in [-0.1, -0.05) is 35.9 Å². The van der Waals surface area contributed by atoms with Crippen LogP contribution in [0.3, 0.4) is 0 Å². The van der Waals surface area contributed by atoms with Crippen LogP contribution in [-0.2, 0) is 10.0 Å². The van der Waals surface area contributed by atoms with Gasteiger partial charge < -0.3 is 9.47 Å². The topological polar surface area (TPSA) is 55.8 Å². The first-order valence-electron chi connectivity index (χ1n) is 9.26. The molecule has 0 amide bonds. The van der Waals surface area contributed by atoms with Gasteiger partial charge in [0.05, 0.1) is 30.8 Å². The summed E-state index contributed by atoms with van der Waals surface area (Å²) in [6.45, 7) is 3.88. The van der Waals surface area contributed by atoms with Gasteiger partial charge in [-0.2, -0.15) is 0 Å². The van der Waals surface area contributed by atoms with Crippen LogP contribution in [-0.4, -0.2) is 22.6 Å². The first-order valence-corrected chi connectivity index (χ1v) is 10.7. The van der Waals surface area contributed by atoms with Gasteiger partial charge in [0.1, 0.15) is 11.5 Å². The van der Waals surface area contributed by atoms with Crippen molar-refractivity contribution in [2.75, 3.05) is 18.5 Å². The van der Waals surface area contributed by atoms with E-state index in [1.54, 1.807) is 62.8 Å². The second-order valence-electron chi connectivity index (χ2n) is 6.76. The van der Waals surface area contributed by atoms with E-state index in [1.165, 1.54) is 4.31 Å². The number of nitrogens with zero attached hydrogens (tertiary/aromatic N) is 1. The molecule has 5 nitrogen and oxygen atoms in total. The fraction of sp³-hybridized carbons (Fsp3) is 0.217. The van der Waals surface area contributed by atoms with Crippen LogP contribution < -0.4 is 13.8 Å². The van der Waals surface area contributed by atoms with Gasteiger partial charge in [-0.15, -0.1) is 0 Å². The maximum Gasteiger partial charge on any atom is 0.264 e. The Bertz CT molecular complexity index is 1060. The third-order valence-electron chi connectivity index (χ3n) is 4.84. The molecule has 3 aromatic carbocycles. The fourth-order valence-corrected chi connectivity index (χ4v) is 4.80. The van der Waals surface area contributed by atoms with E-state index in [-0.39, 0.29) is 4.90 Å². The molecule has 6 heteroatoms. The Hall–Kier alpha value is -2.99. The van der Waals surface area contributed by atoms with Crippen LogP contribution in [0.15, 0.2) is 77.7 Å². The summed E-state index contributed by atoms with van der Waals surface area (Å²) >= 11 is 0. The van der Waals surface area contributed by atoms with E-state index in [2.05, 4.69) is 0 Å². The Morgan fingerprint density at radius 3 is 2.03 bits per heavy atom. The van der Waals surface area contributed by atoms with Crippen molar-refractivity contribution in [3.63, 3.8) is 0 Å². The summed E-state index contributed by atoms with van der Waals surface area (Å²) in [7, 11) is -0.732. The van der Waals surface area contributed by atoms with E-state index in [1.807, 2.05) is 38.1 Å². The van der Waals surface area contributed by atoms with Crippen LogP contribution in [0.4, 0.5) is 5.69 Å². The molecule has 0 fully saturated rings. The van der Waals surface area contributed by atoms with Gasteiger partial charge in [-0.3, -0.25) is 4.31 Å². The maximum absolute atomic E-state index is 13.7. The van der Waals surface area contributed by atoms with Crippen molar-refractivity contribution in [2.24, 2.45) is 0 Å². The monoisotopic (exact) mass is 411 g/mol. The van der Waals surface area contributed by atoms with Crippen LogP contribution in [0.5, 0.6) is 11.5 Å². The van der Waals surface area contributed by atoms with Crippen molar-refractivity contribution in [3.05, 3.63) is 83.9 Å². The van der Waals surface area contributed by atoms with Crippen molar-refractivity contribution in [3.8, 4) is 11.5 Å². The minimum absolute atomic E-state index is 0.195. The predicted octanol–water partition coefficient (Wildman–Crippen LogP) is 4.97. The Labute approximate surface area is 172 Å². The summed E-state index contributed by atoms with van der Waals surface area (Å²) in [6, 6.07) is 20.9. The third kappa shape index (κ3) is 4.38. The molecule has 0 radical (unpaired) electrons. The van der Waals surface area contributed by atoms with Gasteiger partial charge in [-0.05, 0) is 55.8 Å². The largest absolute Gasteiger partial charge is 0.497 e. The van der Waals surface area contributed by atoms with Crippen molar-refractivity contribution in [1.82, 2.24) is 0 Å². The van der Waals surface area contributed by atoms with Gasteiger partial charge in [0.25, 0.3) is 10.0 Å². The number of benzene rings is 3. The number of sulfonamides is 1. The molecule has 3 aromatic rings. The zero-order valence-electron chi connectivity index (χ0n) is 17.0. The standard InChI is InChI=1S/C23H25NO4S/c1-17-8-10-19(11-9-17)18(2)24(20-6-5-7-22(16-20)28-4)29(25,26)23-14-12-21(27-3)13-15-23/h5-16,18H,1-4H3/t18-/m0/s1. The fourth-order valence-electron chi connectivity index (χ4n) is 3.16. The zero-order chi connectivity index (χ0) is 21.0. The van der Waals surface area contributed by atoms with Gasteiger partial charge >= 0.3 is 0 Å². The molecule has 0 aliphatic rings. The highest BCUT2D eigenvalue weighted by atomic mass is 32.2. The number of hydrogen-bond acceptors (Lipinski definition) is 4. The van der Waals surface area contributed by atoms with Crippen molar-refractivity contribution >= 4 is 15.7 Å². The highest BCUT2D eigenvalue weighted by molar-refractivity contribution is 7.92. The molecule has 0 aliphatic carbocycles. The SMILES string of the molecule is COc1ccc(S(=O)(=O)N(c2cccc(OC)c2)[C@@H](C)c2ccc(C)cc2)cc1. The molecule has 0 saturated heterocycles. The van der Waals surface area contributed by atoms with Crippen molar-refractivity contribution < 1.29 is 17.9 Å². The molecular weight excluding hydrogens is 386 g/mol. The lowest BCUT2D eigenvalue weighted by Gasteiger charge is -2.31. The Kier molecular flexibility index (Phi) is 6.13. The molecule has 3 rings (SSSR count). The summed E-state index contributed by atoms with van der Waals surface area (Å²) in [6.07, 6.45) is 0. The maximum atomic E-state index is 13.7. The molecule has 0 aliphatic heterocycles. The van der Waals surface area contributed by atoms with Gasteiger partial charge in [0.15, 0.2) is 0 Å². The van der Waals surface area contributed by atoms with E-state index in [4.69, 9.17) is 9.47 Å². The summed E-state index contributed by atoms with van der Waals surface area (Å²) in [5, 5.41) is 0. The van der Waals surface area contributed by atoms with E-state index < -0.39 is 16.1 Å². The Balaban J connectivity index is 2.13. The van der Waals surface area contributed by atoms with Crippen LogP contribution in [0.1, 0.15) is 24.1 Å². The molecule has 152 valence electrons. The zero-order valence-corrected chi connectivity index (χ0v) is 17.8. The van der Waals surface area contributed by atoms with E-state index in [0.717, 1.165) is 11.1 Å². The van der Waals surface area contributed by atoms with E-state index in [0.29, 0.717) is 17.2 Å². The quantitative estimate of drug-likeness (QED) is 0.551. The first kappa shape index (κ1) is 20.7. The number of anilines is 1. The number of rotatable bonds is 7. The minimum atomic E-state index is -3.84. The van der Waals surface area contributed by atoms with Gasteiger partial charge in [0.2, 0.25) is 0 Å². The molecular formula is C23H25NO4S. The average molecular weight is 412 g/mol. The number of aryl methyl sites for hydroxylation is 1. The molecule has 1 atom stereocenters. The van der Waals surface area contributed by atoms with E-state index in [9.17, 15) is 8.42 Å². The van der Waals surface area contributed by atoms with Crippen LogP contribution in [0.25, 0.3) is 0 Å². The number of hydrogen-bond donors (Lipinski definition) is 0. The van der Waals surface area contributed by atoms with Crippen LogP contribution >= 0.6 is 0 Å². The highest BCUT2D eigenvalue weighted by Crippen LogP contribution is 2.35. The number of methoxy groups -OCH3 is 2. The molecule has 29 heavy (non-hydrogen) atoms. The summed E-state index contributed by atoms with van der Waals surface area (Å²) in [5.41, 5.74) is 2.55. The Morgan fingerprint density at radius 2 is 1.45 bits per heavy atom. The van der Waals surface area contributed by atoms with Gasteiger partial charge in [-0.25, -0.2) is 8.42 Å². The first-order chi connectivity index (χ1) is 13.9. The highest BCUT2D eigenvalue weighted by Gasteiger charge is 2.30. The van der Waals surface area contributed by atoms with Crippen LogP contribution in [0.2, 0.25) is 0 Å². The van der Waals surface area contributed by atoms with E-state index >= 15 is 0 Å². The van der Waals surface area contributed by atoms with Gasteiger partial charge in [0, 0.05) is 6.07 Å². The minimum Gasteiger partial charge on any atom is -0.497 e. The Morgan fingerprint density at radius 1 is 0.828 bits per heavy atom. The number of ether oxygens (including phenoxy) is 2. The summed E-state index contributed by atoms with van der Waals surface area (Å²) < 4.78 is 39.2. The molecule has 0 saturated carbocycles. The molecule has 0 spiro atoms. The van der Waals surface area contributed by atoms with Crippen molar-refractivity contribution in [2.45, 2.75) is 24.8 Å². The lowest BCUT2D eigenvalue weighted by molar-refractivity contribution is 0.414. The molecule has 0 N–H and O–H groups in total. The third-order valence-corrected chi connectivity index (χ3v) is 6.75. The average Bonchev–Trinajstić information content (AvgIpc) is 2.74. The smallest absolute Gasteiger partial charge is 0.264 e. The van der Waals surface area contributed by atoms with Crippen molar-refractivity contribution in [1.29, 1.82) is 0 Å². The molecule has 0 bridgehead atoms. The summed E-state index contributed by atoms with van der Waals surface area (Å²) in [4.78, 5) is 0.195. The molecule has 0 heterocycles. The second kappa shape index (κ2) is 8.57. The normalized spacial score (nSPS) is 12.3. The lowest BCUT2D eigenvalue weighted by Crippen LogP contribution is -2.33. The molecule has 0 aromatic heterocycles. The second-order valence-corrected chi connectivity index (χ2v) is 8.58. The van der Waals surface area contributed by atoms with Crippen LogP contribution in [0, 0.1) is 6.92 Å². The lowest BCUT2D eigenvalue weighted by atomic mass is 10.1. The predicted molar refractivity (Wildman–Crippen MR) is 115 cm³/mol. The molecule has 0 unspecified atom stereocenters.